The van der Waals surface area contributed by atoms with Crippen molar-refractivity contribution in [2.45, 2.75) is 6.54 Å². The predicted molar refractivity (Wildman–Crippen MR) is 104 cm³/mol. The van der Waals surface area contributed by atoms with Crippen molar-refractivity contribution in [3.05, 3.63) is 70.4 Å². The van der Waals surface area contributed by atoms with Gasteiger partial charge >= 0.3 is 0 Å². The second kappa shape index (κ2) is 6.34. The predicted octanol–water partition coefficient (Wildman–Crippen LogP) is 3.57. The van der Waals surface area contributed by atoms with E-state index in [1.807, 2.05) is 24.3 Å². The van der Waals surface area contributed by atoms with Crippen LogP contribution in [0.1, 0.15) is 11.1 Å². The number of para-hydroxylation sites is 1. The first-order valence-corrected chi connectivity index (χ1v) is 9.09. The fraction of sp³-hybridized carbons (Fsp3) is 0.105. The van der Waals surface area contributed by atoms with E-state index in [4.69, 9.17) is 12.2 Å². The van der Waals surface area contributed by atoms with Crippen LogP contribution in [-0.2, 0) is 16.1 Å². The number of nitrogens with zero attached hydrogens (tertiary/aromatic N) is 2. The Morgan fingerprint density at radius 3 is 2.46 bits per heavy atom. The molecule has 2 amide bonds. The molecule has 0 aromatic heterocycles. The largest absolute Gasteiger partial charge is 0.311 e. The van der Waals surface area contributed by atoms with Gasteiger partial charge in [0.1, 0.15) is 10.1 Å². The number of hydrogen-bond acceptors (Lipinski definition) is 4. The van der Waals surface area contributed by atoms with Gasteiger partial charge in [0.15, 0.2) is 0 Å². The summed E-state index contributed by atoms with van der Waals surface area (Å²) < 4.78 is 13.5. The Morgan fingerprint density at radius 2 is 1.73 bits per heavy atom. The third-order valence-electron chi connectivity index (χ3n) is 4.38. The summed E-state index contributed by atoms with van der Waals surface area (Å²) in [5, 5.41) is 0. The lowest BCUT2D eigenvalue weighted by Gasteiger charge is -2.14. The Balaban J connectivity index is 1.72. The van der Waals surface area contributed by atoms with E-state index in [-0.39, 0.29) is 24.2 Å². The zero-order valence-electron chi connectivity index (χ0n) is 13.7. The second-order valence-corrected chi connectivity index (χ2v) is 7.62. The molecule has 130 valence electrons. The highest BCUT2D eigenvalue weighted by molar-refractivity contribution is 8.26. The number of benzene rings is 2. The standard InChI is InChI=1S/C19H13FN2O2S2/c1-21-14-5-3-2-4-13(14)15(17(21)23)16-18(24)22(19(25)26-16)10-11-6-8-12(20)9-7-11/h2-9H,10H2,1H3. The average Bonchev–Trinajstić information content (AvgIpc) is 3.05. The van der Waals surface area contributed by atoms with Gasteiger partial charge in [-0.25, -0.2) is 4.39 Å². The minimum atomic E-state index is -0.336. The quantitative estimate of drug-likeness (QED) is 0.586. The van der Waals surface area contributed by atoms with Gasteiger partial charge in [-0.15, -0.1) is 0 Å². The molecule has 0 bridgehead atoms. The van der Waals surface area contributed by atoms with E-state index in [0.29, 0.717) is 14.8 Å². The molecule has 0 N–H and O–H groups in total. The molecule has 0 aliphatic carbocycles. The normalized spacial score (nSPS) is 19.5. The van der Waals surface area contributed by atoms with Gasteiger partial charge in [-0.3, -0.25) is 14.5 Å². The molecule has 0 atom stereocenters. The molecule has 4 rings (SSSR count). The van der Waals surface area contributed by atoms with E-state index < -0.39 is 0 Å². The third-order valence-corrected chi connectivity index (χ3v) is 5.83. The number of halogens is 1. The van der Waals surface area contributed by atoms with Crippen molar-refractivity contribution in [1.82, 2.24) is 4.90 Å². The number of fused-ring (bicyclic) bond motifs is 1. The molecule has 0 saturated carbocycles. The van der Waals surface area contributed by atoms with Gasteiger partial charge in [0.25, 0.3) is 11.8 Å². The van der Waals surface area contributed by atoms with Crippen LogP contribution in [0.25, 0.3) is 5.57 Å². The van der Waals surface area contributed by atoms with Crippen LogP contribution in [0.15, 0.2) is 53.4 Å². The number of rotatable bonds is 2. The first-order valence-electron chi connectivity index (χ1n) is 7.87. The summed E-state index contributed by atoms with van der Waals surface area (Å²) in [4.78, 5) is 29.0. The van der Waals surface area contributed by atoms with Crippen molar-refractivity contribution in [3.8, 4) is 0 Å². The van der Waals surface area contributed by atoms with Gasteiger partial charge in [0.2, 0.25) is 0 Å². The summed E-state index contributed by atoms with van der Waals surface area (Å²) in [7, 11) is 1.69. The minimum Gasteiger partial charge on any atom is -0.311 e. The molecule has 26 heavy (non-hydrogen) atoms. The van der Waals surface area contributed by atoms with Crippen LogP contribution in [0.3, 0.4) is 0 Å². The first-order chi connectivity index (χ1) is 12.5. The lowest BCUT2D eigenvalue weighted by Crippen LogP contribution is -2.28. The molecule has 0 spiro atoms. The van der Waals surface area contributed by atoms with E-state index >= 15 is 0 Å². The highest BCUT2D eigenvalue weighted by atomic mass is 32.2. The number of likely N-dealkylation sites (N-methyl/N-ethyl adjacent to an activating group) is 1. The molecular weight excluding hydrogens is 371 g/mol. The van der Waals surface area contributed by atoms with E-state index in [0.717, 1.165) is 28.6 Å². The molecule has 2 aromatic carbocycles. The van der Waals surface area contributed by atoms with Gasteiger partial charge in [0, 0.05) is 12.6 Å². The van der Waals surface area contributed by atoms with Crippen molar-refractivity contribution in [1.29, 1.82) is 0 Å². The van der Waals surface area contributed by atoms with Gasteiger partial charge < -0.3 is 4.90 Å². The molecule has 1 fully saturated rings. The Labute approximate surface area is 159 Å². The molecule has 4 nitrogen and oxygen atoms in total. The monoisotopic (exact) mass is 384 g/mol. The van der Waals surface area contributed by atoms with Gasteiger partial charge in [-0.05, 0) is 23.8 Å². The maximum absolute atomic E-state index is 13.1. The van der Waals surface area contributed by atoms with Crippen LogP contribution in [0, 0.1) is 5.82 Å². The number of carbonyl (C=O) groups is 2. The van der Waals surface area contributed by atoms with Gasteiger partial charge in [0.05, 0.1) is 22.7 Å². The van der Waals surface area contributed by atoms with Gasteiger partial charge in [-0.1, -0.05) is 54.3 Å². The SMILES string of the molecule is CN1C(=O)C(=C2SC(=S)N(Cc3ccc(F)cc3)C2=O)c2ccccc21. The molecule has 7 heteroatoms. The number of hydrogen-bond donors (Lipinski definition) is 0. The summed E-state index contributed by atoms with van der Waals surface area (Å²) in [6.07, 6.45) is 0. The van der Waals surface area contributed by atoms with Crippen LogP contribution < -0.4 is 4.90 Å². The summed E-state index contributed by atoms with van der Waals surface area (Å²) in [5.41, 5.74) is 2.67. The third kappa shape index (κ3) is 2.64. The Kier molecular flexibility index (Phi) is 4.13. The number of anilines is 1. The van der Waals surface area contributed by atoms with Crippen molar-refractivity contribution >= 4 is 51.4 Å². The molecule has 2 aliphatic heterocycles. The zero-order valence-corrected chi connectivity index (χ0v) is 15.4. The van der Waals surface area contributed by atoms with Crippen LogP contribution in [0.5, 0.6) is 0 Å². The van der Waals surface area contributed by atoms with E-state index in [1.54, 1.807) is 19.2 Å². The van der Waals surface area contributed by atoms with Crippen molar-refractivity contribution < 1.29 is 14.0 Å². The van der Waals surface area contributed by atoms with Gasteiger partial charge in [-0.2, -0.15) is 0 Å². The molecule has 1 saturated heterocycles. The topological polar surface area (TPSA) is 40.6 Å². The van der Waals surface area contributed by atoms with E-state index in [9.17, 15) is 14.0 Å². The van der Waals surface area contributed by atoms with Crippen molar-refractivity contribution in [2.75, 3.05) is 11.9 Å². The fourth-order valence-corrected chi connectivity index (χ4v) is 4.37. The lowest BCUT2D eigenvalue weighted by atomic mass is 10.1. The average molecular weight is 384 g/mol. The zero-order chi connectivity index (χ0) is 18.4. The number of amides is 2. The van der Waals surface area contributed by atoms with Crippen LogP contribution >= 0.6 is 24.0 Å². The molecule has 0 radical (unpaired) electrons. The van der Waals surface area contributed by atoms with Crippen LogP contribution in [0.4, 0.5) is 10.1 Å². The Hall–Kier alpha value is -2.51. The van der Waals surface area contributed by atoms with Crippen LogP contribution in [0.2, 0.25) is 0 Å². The molecule has 0 unspecified atom stereocenters. The number of thioether (sulfide) groups is 1. The van der Waals surface area contributed by atoms with Crippen molar-refractivity contribution in [2.24, 2.45) is 0 Å². The lowest BCUT2D eigenvalue weighted by molar-refractivity contribution is -0.122. The smallest absolute Gasteiger partial charge is 0.267 e. The molecular formula is C19H13FN2O2S2. The summed E-state index contributed by atoms with van der Waals surface area (Å²) in [6.45, 7) is 0.243. The Morgan fingerprint density at radius 1 is 1.04 bits per heavy atom. The first kappa shape index (κ1) is 16.9. The van der Waals surface area contributed by atoms with E-state index in [1.165, 1.54) is 21.9 Å². The molecule has 2 aliphatic rings. The fourth-order valence-electron chi connectivity index (χ4n) is 3.05. The second-order valence-electron chi connectivity index (χ2n) is 5.97. The van der Waals surface area contributed by atoms with E-state index in [2.05, 4.69) is 0 Å². The summed E-state index contributed by atoms with van der Waals surface area (Å²) in [5.74, 6) is -0.844. The number of thiocarbonyl (C=S) groups is 1. The summed E-state index contributed by atoms with van der Waals surface area (Å²) in [6, 6.07) is 13.3. The summed E-state index contributed by atoms with van der Waals surface area (Å²) >= 11 is 6.49. The molecule has 2 aromatic rings. The number of carbonyl (C=O) groups excluding carboxylic acids is 2. The minimum absolute atomic E-state index is 0.214. The van der Waals surface area contributed by atoms with Crippen molar-refractivity contribution in [3.63, 3.8) is 0 Å². The highest BCUT2D eigenvalue weighted by Gasteiger charge is 2.40. The maximum Gasteiger partial charge on any atom is 0.267 e. The highest BCUT2D eigenvalue weighted by Crippen LogP contribution is 2.44. The van der Waals surface area contributed by atoms with Crippen LogP contribution in [-0.4, -0.2) is 28.1 Å². The maximum atomic E-state index is 13.1. The molecule has 2 heterocycles. The Bertz CT molecular complexity index is 985.